The summed E-state index contributed by atoms with van der Waals surface area (Å²) in [6.07, 6.45) is 0. The highest BCUT2D eigenvalue weighted by atomic mass is 16.5. The first-order chi connectivity index (χ1) is 7.99. The van der Waals surface area contributed by atoms with E-state index in [9.17, 15) is 9.59 Å². The van der Waals surface area contributed by atoms with E-state index >= 15 is 0 Å². The molecule has 0 fully saturated rings. The Morgan fingerprint density at radius 2 is 2.06 bits per heavy atom. The van der Waals surface area contributed by atoms with Crippen LogP contribution in [0.5, 0.6) is 5.75 Å². The van der Waals surface area contributed by atoms with Gasteiger partial charge in [-0.2, -0.15) is 0 Å². The predicted molar refractivity (Wildman–Crippen MR) is 64.9 cm³/mol. The van der Waals surface area contributed by atoms with Crippen LogP contribution in [0.3, 0.4) is 0 Å². The van der Waals surface area contributed by atoms with Gasteiger partial charge < -0.3 is 15.0 Å². The van der Waals surface area contributed by atoms with Crippen LogP contribution in [0.4, 0.5) is 5.69 Å². The highest BCUT2D eigenvalue weighted by molar-refractivity contribution is 5.88. The quantitative estimate of drug-likeness (QED) is 0.852. The maximum Gasteiger partial charge on any atom is 0.259 e. The average molecular weight is 236 g/mol. The van der Waals surface area contributed by atoms with E-state index in [0.717, 1.165) is 0 Å². The van der Waals surface area contributed by atoms with Gasteiger partial charge in [-0.1, -0.05) is 6.07 Å². The van der Waals surface area contributed by atoms with Crippen LogP contribution in [-0.2, 0) is 9.59 Å². The highest BCUT2D eigenvalue weighted by Crippen LogP contribution is 2.17. The Morgan fingerprint density at radius 1 is 1.35 bits per heavy atom. The third-order valence-electron chi connectivity index (χ3n) is 2.02. The van der Waals surface area contributed by atoms with Gasteiger partial charge in [-0.05, 0) is 12.1 Å². The lowest BCUT2D eigenvalue weighted by molar-refractivity contribution is -0.130. The summed E-state index contributed by atoms with van der Waals surface area (Å²) < 4.78 is 5.31. The van der Waals surface area contributed by atoms with Gasteiger partial charge in [0, 0.05) is 32.8 Å². The molecule has 0 saturated heterocycles. The molecule has 0 spiro atoms. The summed E-state index contributed by atoms with van der Waals surface area (Å²) in [6.45, 7) is 1.42. The van der Waals surface area contributed by atoms with E-state index in [4.69, 9.17) is 4.74 Å². The van der Waals surface area contributed by atoms with E-state index in [0.29, 0.717) is 11.4 Å². The summed E-state index contributed by atoms with van der Waals surface area (Å²) in [6, 6.07) is 6.90. The van der Waals surface area contributed by atoms with Gasteiger partial charge in [-0.15, -0.1) is 0 Å². The number of carbonyl (C=O) groups is 2. The third kappa shape index (κ3) is 4.55. The van der Waals surface area contributed by atoms with E-state index in [2.05, 4.69) is 5.32 Å². The fourth-order valence-electron chi connectivity index (χ4n) is 1.14. The topological polar surface area (TPSA) is 58.6 Å². The van der Waals surface area contributed by atoms with Crippen molar-refractivity contribution >= 4 is 17.5 Å². The molecular formula is C12H16N2O3. The van der Waals surface area contributed by atoms with Gasteiger partial charge in [0.2, 0.25) is 5.91 Å². The number of likely N-dealkylation sites (N-methyl/N-ethyl adjacent to an activating group) is 1. The predicted octanol–water partition coefficient (Wildman–Crippen LogP) is 1.11. The first kappa shape index (κ1) is 13.0. The Hall–Kier alpha value is -2.04. The maximum atomic E-state index is 11.3. The molecule has 0 aliphatic rings. The van der Waals surface area contributed by atoms with E-state index in [-0.39, 0.29) is 18.4 Å². The fraction of sp³-hybridized carbons (Fsp3) is 0.333. The number of hydrogen-bond donors (Lipinski definition) is 1. The molecule has 17 heavy (non-hydrogen) atoms. The third-order valence-corrected chi connectivity index (χ3v) is 2.02. The van der Waals surface area contributed by atoms with Crippen molar-refractivity contribution in [2.75, 3.05) is 26.0 Å². The smallest absolute Gasteiger partial charge is 0.259 e. The van der Waals surface area contributed by atoms with Crippen LogP contribution in [0, 0.1) is 0 Å². The maximum absolute atomic E-state index is 11.3. The summed E-state index contributed by atoms with van der Waals surface area (Å²) in [7, 11) is 3.33. The Morgan fingerprint density at radius 3 is 2.65 bits per heavy atom. The number of rotatable bonds is 4. The Labute approximate surface area is 100 Å². The molecule has 5 heteroatoms. The van der Waals surface area contributed by atoms with Crippen molar-refractivity contribution in [3.63, 3.8) is 0 Å². The number of nitrogens with zero attached hydrogens (tertiary/aromatic N) is 1. The second kappa shape index (κ2) is 5.89. The molecule has 1 N–H and O–H groups in total. The summed E-state index contributed by atoms with van der Waals surface area (Å²) >= 11 is 0. The largest absolute Gasteiger partial charge is 0.484 e. The van der Waals surface area contributed by atoms with Crippen molar-refractivity contribution in [3.8, 4) is 5.75 Å². The molecule has 0 bridgehead atoms. The molecule has 0 atom stereocenters. The number of ether oxygens (including phenoxy) is 1. The van der Waals surface area contributed by atoms with Crippen LogP contribution in [0.2, 0.25) is 0 Å². The van der Waals surface area contributed by atoms with E-state index in [1.165, 1.54) is 11.8 Å². The number of benzene rings is 1. The Balaban J connectivity index is 2.60. The molecule has 1 aromatic rings. The van der Waals surface area contributed by atoms with Crippen LogP contribution < -0.4 is 10.1 Å². The molecule has 0 radical (unpaired) electrons. The minimum absolute atomic E-state index is 0.0173. The molecule has 0 aliphatic carbocycles. The van der Waals surface area contributed by atoms with Gasteiger partial charge in [0.1, 0.15) is 5.75 Å². The van der Waals surface area contributed by atoms with Crippen LogP contribution in [0.1, 0.15) is 6.92 Å². The van der Waals surface area contributed by atoms with Gasteiger partial charge in [-0.25, -0.2) is 0 Å². The molecule has 0 aliphatic heterocycles. The number of anilines is 1. The summed E-state index contributed by atoms with van der Waals surface area (Å²) in [4.78, 5) is 23.6. The van der Waals surface area contributed by atoms with Crippen molar-refractivity contribution in [2.24, 2.45) is 0 Å². The first-order valence-electron chi connectivity index (χ1n) is 5.19. The van der Waals surface area contributed by atoms with Crippen molar-refractivity contribution in [1.82, 2.24) is 4.90 Å². The number of nitrogens with one attached hydrogen (secondary N) is 1. The summed E-state index contributed by atoms with van der Waals surface area (Å²) in [5, 5.41) is 2.64. The van der Waals surface area contributed by atoms with Crippen molar-refractivity contribution < 1.29 is 14.3 Å². The minimum Gasteiger partial charge on any atom is -0.484 e. The monoisotopic (exact) mass is 236 g/mol. The molecule has 2 amide bonds. The van der Waals surface area contributed by atoms with Crippen LogP contribution in [-0.4, -0.2) is 37.4 Å². The average Bonchev–Trinajstić information content (AvgIpc) is 2.25. The van der Waals surface area contributed by atoms with E-state index < -0.39 is 0 Å². The Bertz CT molecular complexity index is 416. The molecule has 92 valence electrons. The van der Waals surface area contributed by atoms with Gasteiger partial charge >= 0.3 is 0 Å². The Kier molecular flexibility index (Phi) is 4.51. The second-order valence-corrected chi connectivity index (χ2v) is 3.79. The molecule has 5 nitrogen and oxygen atoms in total. The van der Waals surface area contributed by atoms with Gasteiger partial charge in [0.25, 0.3) is 5.91 Å². The van der Waals surface area contributed by atoms with Crippen LogP contribution >= 0.6 is 0 Å². The summed E-state index contributed by atoms with van der Waals surface area (Å²) in [5.41, 5.74) is 0.646. The highest BCUT2D eigenvalue weighted by Gasteiger charge is 2.05. The molecule has 0 saturated carbocycles. The van der Waals surface area contributed by atoms with E-state index in [1.807, 2.05) is 0 Å². The lowest BCUT2D eigenvalue weighted by Crippen LogP contribution is -2.27. The fourth-order valence-corrected chi connectivity index (χ4v) is 1.14. The second-order valence-electron chi connectivity index (χ2n) is 3.79. The van der Waals surface area contributed by atoms with Gasteiger partial charge in [-0.3, -0.25) is 9.59 Å². The molecule has 0 unspecified atom stereocenters. The number of hydrogen-bond acceptors (Lipinski definition) is 3. The van der Waals surface area contributed by atoms with Crippen molar-refractivity contribution in [1.29, 1.82) is 0 Å². The summed E-state index contributed by atoms with van der Waals surface area (Å²) in [5.74, 6) is 0.285. The lowest BCUT2D eigenvalue weighted by atomic mass is 10.3. The first-order valence-corrected chi connectivity index (χ1v) is 5.19. The molecule has 0 heterocycles. The van der Waals surface area contributed by atoms with Crippen LogP contribution in [0.25, 0.3) is 0 Å². The standard InChI is InChI=1S/C12H16N2O3/c1-9(15)13-10-5-4-6-11(7-10)17-8-12(16)14(2)3/h4-7H,8H2,1-3H3,(H,13,15). The normalized spacial score (nSPS) is 9.59. The lowest BCUT2D eigenvalue weighted by Gasteiger charge is -2.12. The van der Waals surface area contributed by atoms with Crippen molar-refractivity contribution in [3.05, 3.63) is 24.3 Å². The number of carbonyl (C=O) groups excluding carboxylic acids is 2. The van der Waals surface area contributed by atoms with Gasteiger partial charge in [0.15, 0.2) is 6.61 Å². The van der Waals surface area contributed by atoms with Crippen molar-refractivity contribution in [2.45, 2.75) is 6.92 Å². The zero-order valence-corrected chi connectivity index (χ0v) is 10.2. The van der Waals surface area contributed by atoms with Gasteiger partial charge in [0.05, 0.1) is 0 Å². The molecule has 1 rings (SSSR count). The van der Waals surface area contributed by atoms with Crippen LogP contribution in [0.15, 0.2) is 24.3 Å². The number of amides is 2. The molecule has 0 aromatic heterocycles. The molecule has 1 aromatic carbocycles. The SMILES string of the molecule is CC(=O)Nc1cccc(OCC(=O)N(C)C)c1. The van der Waals surface area contributed by atoms with E-state index in [1.54, 1.807) is 38.4 Å². The molecular weight excluding hydrogens is 220 g/mol. The minimum atomic E-state index is -0.147. The zero-order valence-electron chi connectivity index (χ0n) is 10.2. The zero-order chi connectivity index (χ0) is 12.8.